The third kappa shape index (κ3) is 1.45. The highest BCUT2D eigenvalue weighted by Gasteiger charge is 2.57. The van der Waals surface area contributed by atoms with Gasteiger partial charge < -0.3 is 0 Å². The zero-order chi connectivity index (χ0) is 10.3. The van der Waals surface area contributed by atoms with Crippen LogP contribution in [-0.4, -0.2) is 10.8 Å². The number of nitrogens with zero attached hydrogens (tertiary/aromatic N) is 1. The molecule has 0 aromatic heterocycles. The number of halogens is 2. The number of hydrogen-bond acceptors (Lipinski definition) is 2. The van der Waals surface area contributed by atoms with Crippen LogP contribution in [0.1, 0.15) is 17.9 Å². The van der Waals surface area contributed by atoms with E-state index >= 15 is 0 Å². The van der Waals surface area contributed by atoms with Crippen LogP contribution in [0.5, 0.6) is 0 Å². The second kappa shape index (κ2) is 2.73. The van der Waals surface area contributed by atoms with Gasteiger partial charge in [0.2, 0.25) is 0 Å². The maximum atomic E-state index is 12.6. The molecule has 0 spiro atoms. The largest absolute Gasteiger partial charge is 0.269 e. The molecular weight excluding hydrogens is 192 g/mol. The van der Waals surface area contributed by atoms with Crippen molar-refractivity contribution in [3.63, 3.8) is 0 Å². The molecule has 0 amide bonds. The minimum Gasteiger partial charge on any atom is -0.258 e. The van der Waals surface area contributed by atoms with Gasteiger partial charge in [0.1, 0.15) is 0 Å². The lowest BCUT2D eigenvalue weighted by Crippen LogP contribution is -1.93. The first-order valence-electron chi connectivity index (χ1n) is 4.13. The van der Waals surface area contributed by atoms with Crippen molar-refractivity contribution in [2.75, 3.05) is 0 Å². The third-order valence-electron chi connectivity index (χ3n) is 2.33. The van der Waals surface area contributed by atoms with Crippen LogP contribution >= 0.6 is 0 Å². The molecule has 3 nitrogen and oxygen atoms in total. The van der Waals surface area contributed by atoms with Crippen molar-refractivity contribution in [2.45, 2.75) is 18.3 Å². The van der Waals surface area contributed by atoms with Gasteiger partial charge in [0.25, 0.3) is 11.6 Å². The number of rotatable bonds is 2. The zero-order valence-corrected chi connectivity index (χ0v) is 7.11. The molecule has 14 heavy (non-hydrogen) atoms. The van der Waals surface area contributed by atoms with Gasteiger partial charge >= 0.3 is 0 Å². The summed E-state index contributed by atoms with van der Waals surface area (Å²) in [5.41, 5.74) is 0.401. The van der Waals surface area contributed by atoms with E-state index in [-0.39, 0.29) is 12.1 Å². The van der Waals surface area contributed by atoms with Gasteiger partial charge in [-0.2, -0.15) is 0 Å². The standard InChI is InChI=1S/C9H7F2NO2/c10-9(11)5-8(9)6-1-3-7(4-2-6)12(13)14/h1-4,8H,5H2/t8-/m1/s1. The van der Waals surface area contributed by atoms with E-state index in [2.05, 4.69) is 0 Å². The average Bonchev–Trinajstić information content (AvgIpc) is 2.75. The maximum Gasteiger partial charge on any atom is 0.269 e. The Morgan fingerprint density at radius 2 is 1.86 bits per heavy atom. The molecular formula is C9H7F2NO2. The Bertz CT molecular complexity index is 375. The normalized spacial score (nSPS) is 23.1. The van der Waals surface area contributed by atoms with Gasteiger partial charge in [-0.05, 0) is 5.56 Å². The summed E-state index contributed by atoms with van der Waals surface area (Å²) in [7, 11) is 0. The monoisotopic (exact) mass is 199 g/mol. The van der Waals surface area contributed by atoms with E-state index in [9.17, 15) is 18.9 Å². The molecule has 1 fully saturated rings. The van der Waals surface area contributed by atoms with Crippen LogP contribution in [0.25, 0.3) is 0 Å². The van der Waals surface area contributed by atoms with E-state index in [1.54, 1.807) is 0 Å². The first-order valence-corrected chi connectivity index (χ1v) is 4.13. The molecule has 5 heteroatoms. The van der Waals surface area contributed by atoms with Crippen LogP contribution in [0.15, 0.2) is 24.3 Å². The van der Waals surface area contributed by atoms with Gasteiger partial charge in [0.05, 0.1) is 10.8 Å². The number of nitro groups is 1. The Balaban J connectivity index is 2.20. The summed E-state index contributed by atoms with van der Waals surface area (Å²) in [6.45, 7) is 0. The molecule has 1 aromatic carbocycles. The summed E-state index contributed by atoms with van der Waals surface area (Å²) in [4.78, 5) is 9.74. The van der Waals surface area contributed by atoms with Crippen LogP contribution in [0.4, 0.5) is 14.5 Å². The highest BCUT2D eigenvalue weighted by atomic mass is 19.3. The van der Waals surface area contributed by atoms with Crippen LogP contribution in [0.3, 0.4) is 0 Å². The van der Waals surface area contributed by atoms with E-state index in [1.165, 1.54) is 24.3 Å². The lowest BCUT2D eigenvalue weighted by molar-refractivity contribution is -0.384. The van der Waals surface area contributed by atoms with Gasteiger partial charge in [-0.1, -0.05) is 12.1 Å². The highest BCUT2D eigenvalue weighted by molar-refractivity contribution is 5.37. The molecule has 0 bridgehead atoms. The Morgan fingerprint density at radius 1 is 1.36 bits per heavy atom. The van der Waals surface area contributed by atoms with Crippen molar-refractivity contribution in [1.82, 2.24) is 0 Å². The second-order valence-electron chi connectivity index (χ2n) is 3.37. The van der Waals surface area contributed by atoms with Crippen LogP contribution in [-0.2, 0) is 0 Å². The van der Waals surface area contributed by atoms with Gasteiger partial charge in [0.15, 0.2) is 0 Å². The Hall–Kier alpha value is -1.52. The second-order valence-corrected chi connectivity index (χ2v) is 3.37. The third-order valence-corrected chi connectivity index (χ3v) is 2.33. The molecule has 74 valence electrons. The molecule has 0 radical (unpaired) electrons. The van der Waals surface area contributed by atoms with Gasteiger partial charge in [-0.25, -0.2) is 8.78 Å². The summed E-state index contributed by atoms with van der Waals surface area (Å²) in [5.74, 6) is -3.36. The lowest BCUT2D eigenvalue weighted by atomic mass is 10.1. The van der Waals surface area contributed by atoms with Gasteiger partial charge in [0, 0.05) is 18.6 Å². The summed E-state index contributed by atoms with van der Waals surface area (Å²) in [6.07, 6.45) is -0.148. The van der Waals surface area contributed by atoms with Gasteiger partial charge in [-0.15, -0.1) is 0 Å². The van der Waals surface area contributed by atoms with Crippen molar-refractivity contribution < 1.29 is 13.7 Å². The van der Waals surface area contributed by atoms with Crippen LogP contribution < -0.4 is 0 Å². The average molecular weight is 199 g/mol. The molecule has 0 aliphatic heterocycles. The van der Waals surface area contributed by atoms with Crippen LogP contribution in [0, 0.1) is 10.1 Å². The van der Waals surface area contributed by atoms with Crippen molar-refractivity contribution >= 4 is 5.69 Å². The number of hydrogen-bond donors (Lipinski definition) is 0. The number of alkyl halides is 2. The topological polar surface area (TPSA) is 43.1 Å². The maximum absolute atomic E-state index is 12.6. The van der Waals surface area contributed by atoms with Crippen molar-refractivity contribution in [3.05, 3.63) is 39.9 Å². The molecule has 1 aliphatic rings. The Labute approximate surface area is 78.5 Å². The number of non-ortho nitro benzene ring substituents is 1. The minimum atomic E-state index is -2.61. The fraction of sp³-hybridized carbons (Fsp3) is 0.333. The summed E-state index contributed by atoms with van der Waals surface area (Å²) in [6, 6.07) is 5.29. The van der Waals surface area contributed by atoms with E-state index in [0.717, 1.165) is 0 Å². The van der Waals surface area contributed by atoms with E-state index in [1.807, 2.05) is 0 Å². The van der Waals surface area contributed by atoms with Crippen molar-refractivity contribution in [1.29, 1.82) is 0 Å². The molecule has 0 N–H and O–H groups in total. The Morgan fingerprint density at radius 3 is 2.21 bits per heavy atom. The van der Waals surface area contributed by atoms with Gasteiger partial charge in [-0.3, -0.25) is 10.1 Å². The summed E-state index contributed by atoms with van der Waals surface area (Å²) in [5, 5.41) is 10.3. The van der Waals surface area contributed by atoms with Crippen molar-refractivity contribution in [3.8, 4) is 0 Å². The summed E-state index contributed by atoms with van der Waals surface area (Å²) >= 11 is 0. The predicted octanol–water partition coefficient (Wildman–Crippen LogP) is 2.72. The summed E-state index contributed by atoms with van der Waals surface area (Å²) < 4.78 is 25.2. The van der Waals surface area contributed by atoms with E-state index in [0.29, 0.717) is 5.56 Å². The molecule has 1 aliphatic carbocycles. The molecule has 0 unspecified atom stereocenters. The molecule has 0 heterocycles. The number of nitro benzene ring substituents is 1. The highest BCUT2D eigenvalue weighted by Crippen LogP contribution is 2.55. The van der Waals surface area contributed by atoms with Crippen LogP contribution in [0.2, 0.25) is 0 Å². The zero-order valence-electron chi connectivity index (χ0n) is 7.11. The number of benzene rings is 1. The smallest absolute Gasteiger partial charge is 0.258 e. The van der Waals surface area contributed by atoms with Crippen molar-refractivity contribution in [2.24, 2.45) is 0 Å². The molecule has 1 atom stereocenters. The molecule has 2 rings (SSSR count). The molecule has 0 saturated heterocycles. The Kier molecular flexibility index (Phi) is 1.77. The quantitative estimate of drug-likeness (QED) is 0.542. The van der Waals surface area contributed by atoms with E-state index < -0.39 is 16.8 Å². The molecule has 1 aromatic rings. The first-order chi connectivity index (χ1) is 6.50. The lowest BCUT2D eigenvalue weighted by Gasteiger charge is -1.98. The fourth-order valence-corrected chi connectivity index (χ4v) is 1.40. The SMILES string of the molecule is O=[N+]([O-])c1ccc([C@H]2CC2(F)F)cc1. The first kappa shape index (κ1) is 9.05. The fourth-order valence-electron chi connectivity index (χ4n) is 1.40. The van der Waals surface area contributed by atoms with E-state index in [4.69, 9.17) is 0 Å². The minimum absolute atomic E-state index is 0.0716. The predicted molar refractivity (Wildman–Crippen MR) is 45.4 cm³/mol. The molecule has 1 saturated carbocycles.